The van der Waals surface area contributed by atoms with Gasteiger partial charge >= 0.3 is 12.2 Å². The molecule has 0 aromatic carbocycles. The molecule has 0 spiro atoms. The minimum Gasteiger partial charge on any atom is -0.444 e. The van der Waals surface area contributed by atoms with Crippen LogP contribution in [-0.4, -0.2) is 86.2 Å². The molecular formula is C24H41N7O6. The number of aromatic nitrogens is 3. The number of carbonyl (C=O) groups excluding carboxylic acids is 4. The van der Waals surface area contributed by atoms with Crippen LogP contribution in [0.5, 0.6) is 0 Å². The minimum atomic E-state index is -1.01. The van der Waals surface area contributed by atoms with Crippen molar-refractivity contribution in [3.63, 3.8) is 0 Å². The van der Waals surface area contributed by atoms with Gasteiger partial charge in [0.05, 0.1) is 18.7 Å². The van der Waals surface area contributed by atoms with E-state index in [1.54, 1.807) is 51.3 Å². The molecule has 0 saturated carbocycles. The van der Waals surface area contributed by atoms with Gasteiger partial charge in [-0.3, -0.25) is 9.59 Å². The Balaban J connectivity index is 2.15. The van der Waals surface area contributed by atoms with Crippen LogP contribution < -0.4 is 11.1 Å². The molecule has 1 aliphatic rings. The predicted octanol–water partition coefficient (Wildman–Crippen LogP) is 2.00. The molecule has 1 aromatic rings. The minimum absolute atomic E-state index is 0.0658. The lowest BCUT2D eigenvalue weighted by atomic mass is 10.0. The van der Waals surface area contributed by atoms with E-state index in [0.29, 0.717) is 18.8 Å². The van der Waals surface area contributed by atoms with Crippen LogP contribution in [0.1, 0.15) is 79.6 Å². The van der Waals surface area contributed by atoms with Gasteiger partial charge in [0, 0.05) is 26.2 Å². The van der Waals surface area contributed by atoms with Crippen molar-refractivity contribution >= 4 is 24.0 Å². The van der Waals surface area contributed by atoms with Crippen molar-refractivity contribution in [2.75, 3.05) is 26.2 Å². The molecule has 2 atom stereocenters. The third kappa shape index (κ3) is 9.21. The number of amides is 4. The molecule has 2 heterocycles. The van der Waals surface area contributed by atoms with Crippen LogP contribution in [0, 0.1) is 5.92 Å². The molecule has 0 radical (unpaired) electrons. The number of primary amides is 1. The SMILES string of the molecule is CC(C)[C@@H](NC(=O)OC(C)(C)C)c1cn([C@@H](CC(N)=O)C(=O)N2CCN(C(=O)OC(C)(C)C)CC2)nn1. The van der Waals surface area contributed by atoms with Crippen molar-refractivity contribution in [1.29, 1.82) is 0 Å². The number of hydrogen-bond donors (Lipinski definition) is 2. The van der Waals surface area contributed by atoms with Crippen LogP contribution in [0.4, 0.5) is 9.59 Å². The van der Waals surface area contributed by atoms with E-state index in [1.165, 1.54) is 10.9 Å². The summed E-state index contributed by atoms with van der Waals surface area (Å²) in [5, 5.41) is 11.0. The first kappa shape index (κ1) is 29.8. The number of rotatable bonds is 7. The van der Waals surface area contributed by atoms with E-state index in [9.17, 15) is 19.2 Å². The van der Waals surface area contributed by atoms with Crippen molar-refractivity contribution in [3.05, 3.63) is 11.9 Å². The van der Waals surface area contributed by atoms with Gasteiger partial charge in [-0.15, -0.1) is 5.10 Å². The summed E-state index contributed by atoms with van der Waals surface area (Å²) in [6.07, 6.45) is 0.212. The fourth-order valence-electron chi connectivity index (χ4n) is 3.73. The average Bonchev–Trinajstić information content (AvgIpc) is 3.22. The second-order valence-corrected chi connectivity index (χ2v) is 11.5. The van der Waals surface area contributed by atoms with E-state index in [2.05, 4.69) is 15.6 Å². The summed E-state index contributed by atoms with van der Waals surface area (Å²) in [5.41, 5.74) is 4.57. The highest BCUT2D eigenvalue weighted by Crippen LogP contribution is 2.23. The molecule has 13 heteroatoms. The molecule has 1 aromatic heterocycles. The summed E-state index contributed by atoms with van der Waals surface area (Å²) in [4.78, 5) is 53.0. The molecule has 37 heavy (non-hydrogen) atoms. The van der Waals surface area contributed by atoms with Crippen LogP contribution in [0.2, 0.25) is 0 Å². The van der Waals surface area contributed by atoms with E-state index in [0.717, 1.165) is 0 Å². The highest BCUT2D eigenvalue weighted by atomic mass is 16.6. The molecule has 1 fully saturated rings. The van der Waals surface area contributed by atoms with Crippen LogP contribution in [0.15, 0.2) is 6.20 Å². The molecule has 208 valence electrons. The molecule has 1 aliphatic heterocycles. The number of ether oxygens (including phenoxy) is 2. The number of nitrogens with two attached hydrogens (primary N) is 1. The van der Waals surface area contributed by atoms with Gasteiger partial charge in [0.2, 0.25) is 11.8 Å². The van der Waals surface area contributed by atoms with E-state index in [-0.39, 0.29) is 31.3 Å². The quantitative estimate of drug-likeness (QED) is 0.548. The molecular weight excluding hydrogens is 482 g/mol. The molecule has 1 saturated heterocycles. The van der Waals surface area contributed by atoms with E-state index in [4.69, 9.17) is 15.2 Å². The summed E-state index contributed by atoms with van der Waals surface area (Å²) in [6.45, 7) is 15.6. The van der Waals surface area contributed by atoms with Crippen LogP contribution >= 0.6 is 0 Å². The molecule has 2 rings (SSSR count). The Bertz CT molecular complexity index is 971. The van der Waals surface area contributed by atoms with Gasteiger partial charge in [-0.25, -0.2) is 14.3 Å². The first-order valence-electron chi connectivity index (χ1n) is 12.4. The lowest BCUT2D eigenvalue weighted by molar-refractivity contribution is -0.139. The van der Waals surface area contributed by atoms with Crippen molar-refractivity contribution in [1.82, 2.24) is 30.1 Å². The Morgan fingerprint density at radius 2 is 1.51 bits per heavy atom. The van der Waals surface area contributed by atoms with Crippen LogP contribution in [0.25, 0.3) is 0 Å². The van der Waals surface area contributed by atoms with Gasteiger partial charge in [-0.2, -0.15) is 0 Å². The molecule has 0 unspecified atom stereocenters. The Hall–Kier alpha value is -3.38. The third-order valence-electron chi connectivity index (χ3n) is 5.43. The maximum atomic E-state index is 13.4. The lowest BCUT2D eigenvalue weighted by Crippen LogP contribution is -2.53. The standard InChI is InChI=1S/C24H41N7O6/c1-15(2)19(26-21(34)36-23(3,4)5)16-14-31(28-27-16)17(13-18(25)32)20(33)29-9-11-30(12-10-29)22(35)37-24(6,7)8/h14-15,17,19H,9-13H2,1-8H3,(H2,25,32)(H,26,34)/t17-,19+/m0/s1. The van der Waals surface area contributed by atoms with Crippen molar-refractivity contribution < 1.29 is 28.7 Å². The fourth-order valence-corrected chi connectivity index (χ4v) is 3.73. The monoisotopic (exact) mass is 523 g/mol. The maximum Gasteiger partial charge on any atom is 0.410 e. The summed E-state index contributed by atoms with van der Waals surface area (Å²) >= 11 is 0. The van der Waals surface area contributed by atoms with Gasteiger partial charge < -0.3 is 30.3 Å². The predicted molar refractivity (Wildman–Crippen MR) is 134 cm³/mol. The van der Waals surface area contributed by atoms with Gasteiger partial charge in [0.15, 0.2) is 0 Å². The van der Waals surface area contributed by atoms with Crippen molar-refractivity contribution in [2.45, 2.75) is 85.1 Å². The summed E-state index contributed by atoms with van der Waals surface area (Å²) in [7, 11) is 0. The fraction of sp³-hybridized carbons (Fsp3) is 0.750. The largest absolute Gasteiger partial charge is 0.444 e. The van der Waals surface area contributed by atoms with Gasteiger partial charge in [-0.05, 0) is 47.5 Å². The maximum absolute atomic E-state index is 13.4. The zero-order chi connectivity index (χ0) is 28.1. The van der Waals surface area contributed by atoms with Gasteiger partial charge in [0.1, 0.15) is 22.9 Å². The molecule has 3 N–H and O–H groups in total. The molecule has 13 nitrogen and oxygen atoms in total. The zero-order valence-electron chi connectivity index (χ0n) is 23.1. The van der Waals surface area contributed by atoms with E-state index in [1.807, 2.05) is 13.8 Å². The zero-order valence-corrected chi connectivity index (χ0v) is 23.1. The molecule has 0 aliphatic carbocycles. The average molecular weight is 524 g/mol. The summed E-state index contributed by atoms with van der Waals surface area (Å²) in [5.74, 6) is -1.10. The van der Waals surface area contributed by atoms with Gasteiger partial charge in [0.25, 0.3) is 0 Å². The number of nitrogens with zero attached hydrogens (tertiary/aromatic N) is 5. The van der Waals surface area contributed by atoms with Gasteiger partial charge in [-0.1, -0.05) is 19.1 Å². The Morgan fingerprint density at radius 1 is 0.973 bits per heavy atom. The second kappa shape index (κ2) is 11.8. The smallest absolute Gasteiger partial charge is 0.410 e. The Kier molecular flexibility index (Phi) is 9.50. The Labute approximate surface area is 218 Å². The number of alkyl carbamates (subject to hydrolysis) is 1. The number of carbonyl (C=O) groups is 4. The normalized spacial score (nSPS) is 16.2. The third-order valence-corrected chi connectivity index (χ3v) is 5.43. The number of piperazine rings is 1. The second-order valence-electron chi connectivity index (χ2n) is 11.5. The van der Waals surface area contributed by atoms with E-state index >= 15 is 0 Å². The number of hydrogen-bond acceptors (Lipinski definition) is 8. The summed E-state index contributed by atoms with van der Waals surface area (Å²) < 4.78 is 12.1. The Morgan fingerprint density at radius 3 is 2.00 bits per heavy atom. The first-order chi connectivity index (χ1) is 17.0. The van der Waals surface area contributed by atoms with E-state index < -0.39 is 41.4 Å². The van der Waals surface area contributed by atoms with Crippen molar-refractivity contribution in [3.8, 4) is 0 Å². The highest BCUT2D eigenvalue weighted by molar-refractivity contribution is 5.86. The highest BCUT2D eigenvalue weighted by Gasteiger charge is 2.34. The first-order valence-corrected chi connectivity index (χ1v) is 12.4. The molecule has 4 amide bonds. The number of nitrogens with one attached hydrogen (secondary N) is 1. The lowest BCUT2D eigenvalue weighted by Gasteiger charge is -2.36. The summed E-state index contributed by atoms with van der Waals surface area (Å²) in [6, 6.07) is -1.55. The van der Waals surface area contributed by atoms with Crippen LogP contribution in [-0.2, 0) is 19.1 Å². The topological polar surface area (TPSA) is 162 Å². The molecule has 0 bridgehead atoms. The van der Waals surface area contributed by atoms with Crippen molar-refractivity contribution in [2.24, 2.45) is 11.7 Å². The van der Waals surface area contributed by atoms with Crippen LogP contribution in [0.3, 0.4) is 0 Å².